The van der Waals surface area contributed by atoms with Gasteiger partial charge >= 0.3 is 0 Å². The zero-order valence-corrected chi connectivity index (χ0v) is 20.5. The SMILES string of the molecule is CCOCCCNC(=O)c1c(NC(=O)C(c2ccccc2)c2ccccc2)sc2c1CCCC2. The molecule has 1 heterocycles. The lowest BCUT2D eigenvalue weighted by Crippen LogP contribution is -2.28. The highest BCUT2D eigenvalue weighted by atomic mass is 32.1. The van der Waals surface area contributed by atoms with E-state index in [1.54, 1.807) is 11.3 Å². The zero-order valence-electron chi connectivity index (χ0n) is 19.6. The number of benzene rings is 2. The Labute approximate surface area is 205 Å². The van der Waals surface area contributed by atoms with Gasteiger partial charge in [0, 0.05) is 24.6 Å². The Balaban J connectivity index is 1.60. The van der Waals surface area contributed by atoms with E-state index in [-0.39, 0.29) is 11.8 Å². The van der Waals surface area contributed by atoms with Crippen LogP contribution in [0.2, 0.25) is 0 Å². The maximum atomic E-state index is 13.7. The van der Waals surface area contributed by atoms with Gasteiger partial charge in [-0.1, -0.05) is 60.7 Å². The molecule has 1 aromatic heterocycles. The molecular formula is C28H32N2O3S. The van der Waals surface area contributed by atoms with Gasteiger partial charge in [-0.25, -0.2) is 0 Å². The summed E-state index contributed by atoms with van der Waals surface area (Å²) in [6.45, 7) is 3.81. The van der Waals surface area contributed by atoms with Crippen molar-refractivity contribution in [3.63, 3.8) is 0 Å². The van der Waals surface area contributed by atoms with Crippen LogP contribution in [0.25, 0.3) is 0 Å². The van der Waals surface area contributed by atoms with Crippen molar-refractivity contribution < 1.29 is 14.3 Å². The van der Waals surface area contributed by atoms with E-state index >= 15 is 0 Å². The van der Waals surface area contributed by atoms with Crippen LogP contribution in [-0.4, -0.2) is 31.6 Å². The fourth-order valence-electron chi connectivity index (χ4n) is 4.47. The lowest BCUT2D eigenvalue weighted by atomic mass is 9.90. The third-order valence-corrected chi connectivity index (χ3v) is 7.33. The van der Waals surface area contributed by atoms with E-state index in [0.717, 1.165) is 48.8 Å². The third-order valence-electron chi connectivity index (χ3n) is 6.12. The summed E-state index contributed by atoms with van der Waals surface area (Å²) < 4.78 is 5.38. The Morgan fingerprint density at radius 2 is 1.62 bits per heavy atom. The van der Waals surface area contributed by atoms with Crippen molar-refractivity contribution in [2.24, 2.45) is 0 Å². The first-order valence-corrected chi connectivity index (χ1v) is 12.9. The predicted molar refractivity (Wildman–Crippen MR) is 138 cm³/mol. The molecule has 4 rings (SSSR count). The van der Waals surface area contributed by atoms with Gasteiger partial charge in [-0.3, -0.25) is 9.59 Å². The van der Waals surface area contributed by atoms with Crippen molar-refractivity contribution in [2.75, 3.05) is 25.1 Å². The molecule has 0 radical (unpaired) electrons. The van der Waals surface area contributed by atoms with Crippen molar-refractivity contribution >= 4 is 28.2 Å². The molecule has 1 aliphatic carbocycles. The van der Waals surface area contributed by atoms with E-state index in [1.807, 2.05) is 67.6 Å². The van der Waals surface area contributed by atoms with Crippen molar-refractivity contribution in [2.45, 2.75) is 44.9 Å². The zero-order chi connectivity index (χ0) is 23.8. The fraction of sp³-hybridized carbons (Fsp3) is 0.357. The lowest BCUT2D eigenvalue weighted by molar-refractivity contribution is -0.116. The number of amides is 2. The number of carbonyl (C=O) groups excluding carboxylic acids is 2. The van der Waals surface area contributed by atoms with Gasteiger partial charge in [0.1, 0.15) is 5.00 Å². The second kappa shape index (κ2) is 12.0. The van der Waals surface area contributed by atoms with Gasteiger partial charge in [0.15, 0.2) is 0 Å². The van der Waals surface area contributed by atoms with Gasteiger partial charge in [0.05, 0.1) is 11.5 Å². The van der Waals surface area contributed by atoms with E-state index in [2.05, 4.69) is 10.6 Å². The standard InChI is InChI=1S/C28H32N2O3S/c1-2-33-19-11-18-29-26(31)25-22-16-9-10-17-23(22)34-28(25)30-27(32)24(20-12-5-3-6-13-20)21-14-7-4-8-15-21/h3-8,12-15,24H,2,9-11,16-19H2,1H3,(H,29,31)(H,30,32). The maximum Gasteiger partial charge on any atom is 0.254 e. The molecule has 0 saturated carbocycles. The summed E-state index contributed by atoms with van der Waals surface area (Å²) in [6, 6.07) is 19.6. The monoisotopic (exact) mass is 476 g/mol. The fourth-order valence-corrected chi connectivity index (χ4v) is 5.76. The Hall–Kier alpha value is -2.96. The van der Waals surface area contributed by atoms with Crippen LogP contribution in [0.3, 0.4) is 0 Å². The normalized spacial score (nSPS) is 12.9. The van der Waals surface area contributed by atoms with Crippen LogP contribution in [0.15, 0.2) is 60.7 Å². The number of ether oxygens (including phenoxy) is 1. The summed E-state index contributed by atoms with van der Waals surface area (Å²) in [7, 11) is 0. The van der Waals surface area contributed by atoms with Crippen molar-refractivity contribution in [1.82, 2.24) is 5.32 Å². The minimum absolute atomic E-state index is 0.109. The number of carbonyl (C=O) groups is 2. The highest BCUT2D eigenvalue weighted by molar-refractivity contribution is 7.17. The summed E-state index contributed by atoms with van der Waals surface area (Å²) in [6.07, 6.45) is 4.79. The second-order valence-electron chi connectivity index (χ2n) is 8.47. The first-order valence-electron chi connectivity index (χ1n) is 12.1. The van der Waals surface area contributed by atoms with Crippen LogP contribution in [-0.2, 0) is 22.4 Å². The van der Waals surface area contributed by atoms with E-state index < -0.39 is 5.92 Å². The summed E-state index contributed by atoms with van der Waals surface area (Å²) >= 11 is 1.56. The average molecular weight is 477 g/mol. The Kier molecular flexibility index (Phi) is 8.50. The van der Waals surface area contributed by atoms with Gasteiger partial charge in [-0.15, -0.1) is 11.3 Å². The van der Waals surface area contributed by atoms with Crippen LogP contribution in [0.5, 0.6) is 0 Å². The van der Waals surface area contributed by atoms with Gasteiger partial charge in [-0.05, 0) is 55.7 Å². The van der Waals surface area contributed by atoms with E-state index in [4.69, 9.17) is 4.74 Å². The predicted octanol–water partition coefficient (Wildman–Crippen LogP) is 5.55. The van der Waals surface area contributed by atoms with E-state index in [9.17, 15) is 9.59 Å². The number of nitrogens with one attached hydrogen (secondary N) is 2. The number of aryl methyl sites for hydroxylation is 1. The topological polar surface area (TPSA) is 67.4 Å². The molecule has 0 fully saturated rings. The number of hydrogen-bond acceptors (Lipinski definition) is 4. The second-order valence-corrected chi connectivity index (χ2v) is 9.57. The highest BCUT2D eigenvalue weighted by Gasteiger charge is 2.29. The van der Waals surface area contributed by atoms with Crippen LogP contribution >= 0.6 is 11.3 Å². The number of anilines is 1. The molecule has 0 unspecified atom stereocenters. The summed E-state index contributed by atoms with van der Waals surface area (Å²) in [5, 5.41) is 6.85. The molecule has 3 aromatic rings. The van der Waals surface area contributed by atoms with Crippen molar-refractivity contribution in [3.8, 4) is 0 Å². The third kappa shape index (κ3) is 5.75. The first kappa shape index (κ1) is 24.2. The van der Waals surface area contributed by atoms with E-state index in [0.29, 0.717) is 30.3 Å². The highest BCUT2D eigenvalue weighted by Crippen LogP contribution is 2.39. The Morgan fingerprint density at radius 3 is 2.26 bits per heavy atom. The molecule has 34 heavy (non-hydrogen) atoms. The minimum atomic E-state index is -0.455. The first-order chi connectivity index (χ1) is 16.7. The van der Waals surface area contributed by atoms with Crippen LogP contribution < -0.4 is 10.6 Å². The summed E-state index contributed by atoms with van der Waals surface area (Å²) in [5.74, 6) is -0.688. The Morgan fingerprint density at radius 1 is 0.971 bits per heavy atom. The molecule has 2 amide bonds. The molecule has 5 nitrogen and oxygen atoms in total. The van der Waals surface area contributed by atoms with Crippen LogP contribution in [0.4, 0.5) is 5.00 Å². The maximum absolute atomic E-state index is 13.7. The molecule has 0 spiro atoms. The molecule has 6 heteroatoms. The van der Waals surface area contributed by atoms with Crippen molar-refractivity contribution in [1.29, 1.82) is 0 Å². The number of hydrogen-bond donors (Lipinski definition) is 2. The summed E-state index contributed by atoms with van der Waals surface area (Å²) in [5.41, 5.74) is 3.60. The van der Waals surface area contributed by atoms with Crippen molar-refractivity contribution in [3.05, 3.63) is 87.8 Å². The molecule has 2 aromatic carbocycles. The Bertz CT molecular complexity index is 1060. The number of rotatable bonds is 10. The lowest BCUT2D eigenvalue weighted by Gasteiger charge is -2.18. The van der Waals surface area contributed by atoms with Gasteiger partial charge in [0.25, 0.3) is 5.91 Å². The molecule has 1 aliphatic rings. The quantitative estimate of drug-likeness (QED) is 0.377. The minimum Gasteiger partial charge on any atom is -0.382 e. The van der Waals surface area contributed by atoms with Gasteiger partial charge < -0.3 is 15.4 Å². The molecule has 2 N–H and O–H groups in total. The van der Waals surface area contributed by atoms with E-state index in [1.165, 1.54) is 4.88 Å². The molecule has 178 valence electrons. The van der Waals surface area contributed by atoms with Crippen LogP contribution in [0, 0.1) is 0 Å². The van der Waals surface area contributed by atoms with Gasteiger partial charge in [0.2, 0.25) is 5.91 Å². The molecule has 0 atom stereocenters. The van der Waals surface area contributed by atoms with Gasteiger partial charge in [-0.2, -0.15) is 0 Å². The average Bonchev–Trinajstić information content (AvgIpc) is 3.23. The number of thiophene rings is 1. The molecule has 0 aliphatic heterocycles. The molecular weight excluding hydrogens is 444 g/mol. The summed E-state index contributed by atoms with van der Waals surface area (Å²) in [4.78, 5) is 28.1. The smallest absolute Gasteiger partial charge is 0.254 e. The van der Waals surface area contributed by atoms with Crippen LogP contribution in [0.1, 0.15) is 64.0 Å². The number of fused-ring (bicyclic) bond motifs is 1. The largest absolute Gasteiger partial charge is 0.382 e. The molecule has 0 saturated heterocycles. The molecule has 0 bridgehead atoms.